The van der Waals surface area contributed by atoms with Gasteiger partial charge in [-0.1, -0.05) is 32.0 Å². The van der Waals surface area contributed by atoms with Crippen LogP contribution in [0.15, 0.2) is 24.3 Å². The molecule has 3 nitrogen and oxygen atoms in total. The quantitative estimate of drug-likeness (QED) is 0.581. The van der Waals surface area contributed by atoms with Crippen LogP contribution in [0, 0.1) is 5.92 Å². The molecule has 3 heteroatoms. The second-order valence-electron chi connectivity index (χ2n) is 3.94. The Balaban J connectivity index is 3.07. The molecule has 0 aromatic heterocycles. The lowest BCUT2D eigenvalue weighted by Gasteiger charge is -2.11. The van der Waals surface area contributed by atoms with Gasteiger partial charge in [-0.2, -0.15) is 0 Å². The molecule has 1 aromatic rings. The van der Waals surface area contributed by atoms with E-state index in [2.05, 4.69) is 0 Å². The van der Waals surface area contributed by atoms with E-state index < -0.39 is 5.97 Å². The number of esters is 1. The van der Waals surface area contributed by atoms with Gasteiger partial charge in [0.25, 0.3) is 0 Å². The SMILES string of the molecule is CCOC(=O)c1ccccc1C(=O)C(C)CC. The number of hydrogen-bond donors (Lipinski definition) is 0. The Bertz CT molecular complexity index is 410. The van der Waals surface area contributed by atoms with Crippen LogP contribution in [0.2, 0.25) is 0 Å². The van der Waals surface area contributed by atoms with E-state index in [9.17, 15) is 9.59 Å². The molecule has 0 amide bonds. The van der Waals surface area contributed by atoms with Crippen molar-refractivity contribution in [1.82, 2.24) is 0 Å². The van der Waals surface area contributed by atoms with Crippen LogP contribution in [0.5, 0.6) is 0 Å². The summed E-state index contributed by atoms with van der Waals surface area (Å²) in [5, 5.41) is 0. The number of ether oxygens (including phenoxy) is 1. The Hall–Kier alpha value is -1.64. The standard InChI is InChI=1S/C14H18O3/c1-4-10(3)13(15)11-8-6-7-9-12(11)14(16)17-5-2/h6-10H,4-5H2,1-3H3. The molecule has 0 spiro atoms. The minimum atomic E-state index is -0.431. The predicted octanol–water partition coefficient (Wildman–Crippen LogP) is 3.09. The van der Waals surface area contributed by atoms with E-state index in [0.717, 1.165) is 6.42 Å². The van der Waals surface area contributed by atoms with Crippen LogP contribution in [0.1, 0.15) is 47.9 Å². The summed E-state index contributed by atoms with van der Waals surface area (Å²) < 4.78 is 4.94. The Morgan fingerprint density at radius 2 is 1.76 bits per heavy atom. The summed E-state index contributed by atoms with van der Waals surface area (Å²) in [6, 6.07) is 6.81. The maximum absolute atomic E-state index is 12.1. The Kier molecular flexibility index (Phi) is 4.88. The van der Waals surface area contributed by atoms with E-state index >= 15 is 0 Å². The lowest BCUT2D eigenvalue weighted by molar-refractivity contribution is 0.0522. The smallest absolute Gasteiger partial charge is 0.338 e. The molecule has 0 fully saturated rings. The first-order chi connectivity index (χ1) is 8.11. The molecule has 0 bridgehead atoms. The van der Waals surface area contributed by atoms with Crippen LogP contribution < -0.4 is 0 Å². The number of hydrogen-bond acceptors (Lipinski definition) is 3. The number of carbonyl (C=O) groups is 2. The second kappa shape index (κ2) is 6.18. The molecular formula is C14H18O3. The number of ketones is 1. The summed E-state index contributed by atoms with van der Waals surface area (Å²) >= 11 is 0. The van der Waals surface area contributed by atoms with Crippen molar-refractivity contribution in [3.8, 4) is 0 Å². The lowest BCUT2D eigenvalue weighted by atomic mass is 9.94. The van der Waals surface area contributed by atoms with Gasteiger partial charge in [0, 0.05) is 11.5 Å². The van der Waals surface area contributed by atoms with E-state index in [-0.39, 0.29) is 11.7 Å². The van der Waals surface area contributed by atoms with Crippen molar-refractivity contribution in [3.05, 3.63) is 35.4 Å². The normalized spacial score (nSPS) is 11.9. The van der Waals surface area contributed by atoms with Crippen molar-refractivity contribution in [3.63, 3.8) is 0 Å². The minimum absolute atomic E-state index is 0.00356. The Morgan fingerprint density at radius 3 is 2.29 bits per heavy atom. The van der Waals surface area contributed by atoms with Crippen molar-refractivity contribution >= 4 is 11.8 Å². The molecule has 0 aliphatic heterocycles. The lowest BCUT2D eigenvalue weighted by Crippen LogP contribution is -2.16. The topological polar surface area (TPSA) is 43.4 Å². The van der Waals surface area contributed by atoms with Crippen molar-refractivity contribution in [2.75, 3.05) is 6.61 Å². The van der Waals surface area contributed by atoms with Crippen molar-refractivity contribution in [2.24, 2.45) is 5.92 Å². The molecule has 0 saturated carbocycles. The van der Waals surface area contributed by atoms with Crippen LogP contribution in [-0.4, -0.2) is 18.4 Å². The monoisotopic (exact) mass is 234 g/mol. The molecule has 1 aromatic carbocycles. The third-order valence-corrected chi connectivity index (χ3v) is 2.75. The van der Waals surface area contributed by atoms with Gasteiger partial charge in [-0.05, 0) is 19.4 Å². The van der Waals surface area contributed by atoms with Gasteiger partial charge in [0.2, 0.25) is 0 Å². The highest BCUT2D eigenvalue weighted by atomic mass is 16.5. The summed E-state index contributed by atoms with van der Waals surface area (Å²) in [7, 11) is 0. The van der Waals surface area contributed by atoms with Crippen molar-refractivity contribution in [1.29, 1.82) is 0 Å². The largest absolute Gasteiger partial charge is 0.462 e. The van der Waals surface area contributed by atoms with E-state index in [1.54, 1.807) is 31.2 Å². The van der Waals surface area contributed by atoms with Gasteiger partial charge < -0.3 is 4.74 Å². The Labute approximate surface area is 102 Å². The molecule has 17 heavy (non-hydrogen) atoms. The fourth-order valence-electron chi connectivity index (χ4n) is 1.54. The van der Waals surface area contributed by atoms with Gasteiger partial charge >= 0.3 is 5.97 Å². The Morgan fingerprint density at radius 1 is 1.18 bits per heavy atom. The summed E-state index contributed by atoms with van der Waals surface area (Å²) in [6.45, 7) is 5.88. The van der Waals surface area contributed by atoms with Gasteiger partial charge in [0.1, 0.15) is 0 Å². The van der Waals surface area contributed by atoms with Crippen LogP contribution in [-0.2, 0) is 4.74 Å². The van der Waals surface area contributed by atoms with Gasteiger partial charge in [-0.15, -0.1) is 0 Å². The molecule has 0 radical (unpaired) electrons. The van der Waals surface area contributed by atoms with Crippen LogP contribution >= 0.6 is 0 Å². The van der Waals surface area contributed by atoms with Gasteiger partial charge in [0.15, 0.2) is 5.78 Å². The van der Waals surface area contributed by atoms with Gasteiger partial charge in [0.05, 0.1) is 12.2 Å². The third-order valence-electron chi connectivity index (χ3n) is 2.75. The average molecular weight is 234 g/mol. The highest BCUT2D eigenvalue weighted by Crippen LogP contribution is 2.17. The van der Waals surface area contributed by atoms with Crippen LogP contribution in [0.4, 0.5) is 0 Å². The van der Waals surface area contributed by atoms with Crippen molar-refractivity contribution < 1.29 is 14.3 Å². The summed E-state index contributed by atoms with van der Waals surface area (Å²) in [5.41, 5.74) is 0.819. The zero-order valence-electron chi connectivity index (χ0n) is 10.5. The molecular weight excluding hydrogens is 216 g/mol. The average Bonchev–Trinajstić information content (AvgIpc) is 2.37. The zero-order valence-corrected chi connectivity index (χ0v) is 10.5. The van der Waals surface area contributed by atoms with Gasteiger partial charge in [-0.3, -0.25) is 4.79 Å². The molecule has 1 unspecified atom stereocenters. The number of Topliss-reactive ketones (excluding diaryl/α,β-unsaturated/α-hetero) is 1. The highest BCUT2D eigenvalue weighted by Gasteiger charge is 2.20. The molecule has 0 aliphatic rings. The number of benzene rings is 1. The summed E-state index contributed by atoms with van der Waals surface area (Å²) in [4.78, 5) is 23.8. The van der Waals surface area contributed by atoms with E-state index in [4.69, 9.17) is 4.74 Å². The van der Waals surface area contributed by atoms with E-state index in [1.165, 1.54) is 0 Å². The summed E-state index contributed by atoms with van der Waals surface area (Å²) in [5.74, 6) is -0.513. The van der Waals surface area contributed by atoms with E-state index in [0.29, 0.717) is 17.7 Å². The predicted molar refractivity (Wildman–Crippen MR) is 66.2 cm³/mol. The van der Waals surface area contributed by atoms with Crippen LogP contribution in [0.3, 0.4) is 0 Å². The van der Waals surface area contributed by atoms with Crippen molar-refractivity contribution in [2.45, 2.75) is 27.2 Å². The number of rotatable bonds is 5. The van der Waals surface area contributed by atoms with E-state index in [1.807, 2.05) is 13.8 Å². The molecule has 92 valence electrons. The van der Waals surface area contributed by atoms with Crippen LogP contribution in [0.25, 0.3) is 0 Å². The van der Waals surface area contributed by atoms with Gasteiger partial charge in [-0.25, -0.2) is 4.79 Å². The maximum Gasteiger partial charge on any atom is 0.338 e. The highest BCUT2D eigenvalue weighted by molar-refractivity contribution is 6.07. The zero-order chi connectivity index (χ0) is 12.8. The molecule has 1 rings (SSSR count). The molecule has 0 aliphatic carbocycles. The second-order valence-corrected chi connectivity index (χ2v) is 3.94. The fourth-order valence-corrected chi connectivity index (χ4v) is 1.54. The fraction of sp³-hybridized carbons (Fsp3) is 0.429. The summed E-state index contributed by atoms with van der Waals surface area (Å²) in [6.07, 6.45) is 0.760. The third kappa shape index (κ3) is 3.16. The first kappa shape index (κ1) is 13.4. The maximum atomic E-state index is 12.1. The molecule has 0 saturated heterocycles. The minimum Gasteiger partial charge on any atom is -0.462 e. The molecule has 1 atom stereocenters. The molecule has 0 heterocycles. The first-order valence-corrected chi connectivity index (χ1v) is 5.92. The molecule has 0 N–H and O–H groups in total. The first-order valence-electron chi connectivity index (χ1n) is 5.92. The number of carbonyl (C=O) groups excluding carboxylic acids is 2.